The van der Waals surface area contributed by atoms with Crippen LogP contribution in [0.5, 0.6) is 0 Å². The first-order valence-corrected chi connectivity index (χ1v) is 27.7. The molecule has 70 heavy (non-hydrogen) atoms. The van der Waals surface area contributed by atoms with Crippen molar-refractivity contribution in [3.63, 3.8) is 0 Å². The van der Waals surface area contributed by atoms with Gasteiger partial charge in [-0.15, -0.1) is 0 Å². The lowest BCUT2D eigenvalue weighted by Gasteiger charge is -2.64. The van der Waals surface area contributed by atoms with Gasteiger partial charge in [0.15, 0.2) is 0 Å². The number of hydrogen-bond acceptors (Lipinski definition) is 10. The summed E-state index contributed by atoms with van der Waals surface area (Å²) in [4.78, 5) is 56.8. The average Bonchev–Trinajstić information content (AvgIpc) is 3.71. The second-order valence-electron chi connectivity index (χ2n) is 25.9. The van der Waals surface area contributed by atoms with Gasteiger partial charge in [-0.05, 0) is 229 Å². The highest BCUT2D eigenvalue weighted by molar-refractivity contribution is 6.03. The molecule has 8 saturated carbocycles. The minimum Gasteiger partial charge on any atom is -0.458 e. The van der Waals surface area contributed by atoms with E-state index in [2.05, 4.69) is 53.7 Å². The number of fused-ring (bicyclic) bond motifs is 10. The van der Waals surface area contributed by atoms with Crippen LogP contribution in [0.25, 0.3) is 0 Å². The first-order valence-electron chi connectivity index (χ1n) is 27.7. The molecule has 0 aromatic carbocycles. The third kappa shape index (κ3) is 9.19. The molecule has 8 rings (SSSR count). The molecule has 0 radical (unpaired) electrons. The molecule has 0 aliphatic heterocycles. The summed E-state index contributed by atoms with van der Waals surface area (Å²) in [6, 6.07) is 0. The minimum atomic E-state index is -0.736. The quantitative estimate of drug-likeness (QED) is 0.0633. The molecule has 10 heteroatoms. The Morgan fingerprint density at radius 1 is 0.529 bits per heavy atom. The first kappa shape index (κ1) is 53.2. The van der Waals surface area contributed by atoms with Crippen molar-refractivity contribution in [3.8, 4) is 0 Å². The molecule has 3 N–H and O–H groups in total. The maximum atomic E-state index is 15.3. The topological polar surface area (TPSA) is 157 Å². The van der Waals surface area contributed by atoms with Crippen LogP contribution in [0.1, 0.15) is 192 Å². The van der Waals surface area contributed by atoms with Gasteiger partial charge in [-0.2, -0.15) is 0 Å². The number of aliphatic hydroxyl groups is 3. The lowest BCUT2D eigenvalue weighted by atomic mass is 9.42. The molecule has 0 amide bonds. The fraction of sp³-hybridized carbons (Fsp3) is 0.800. The van der Waals surface area contributed by atoms with Gasteiger partial charge in [-0.1, -0.05) is 64.8 Å². The molecule has 8 fully saturated rings. The number of ether oxygens (including phenoxy) is 3. The van der Waals surface area contributed by atoms with Crippen LogP contribution in [0.4, 0.5) is 0 Å². The summed E-state index contributed by atoms with van der Waals surface area (Å²) in [6.07, 6.45) is 13.8. The Labute approximate surface area is 420 Å². The summed E-state index contributed by atoms with van der Waals surface area (Å²) in [5.74, 6) is -0.609. The second kappa shape index (κ2) is 20.0. The van der Waals surface area contributed by atoms with E-state index in [1.165, 1.54) is 13.8 Å². The molecule has 0 bridgehead atoms. The lowest BCUT2D eigenvalue weighted by Crippen LogP contribution is -2.61. The molecule has 8 aliphatic carbocycles. The molecule has 0 aromatic rings. The van der Waals surface area contributed by atoms with Gasteiger partial charge in [0.25, 0.3) is 0 Å². The first-order chi connectivity index (χ1) is 32.9. The molecular weight excluding hydrogens is 881 g/mol. The Morgan fingerprint density at radius 3 is 1.44 bits per heavy atom. The normalized spacial score (nSPS) is 45.2. The van der Waals surface area contributed by atoms with Crippen LogP contribution in [0.2, 0.25) is 0 Å². The zero-order valence-corrected chi connectivity index (χ0v) is 45.0. The van der Waals surface area contributed by atoms with E-state index in [-0.39, 0.29) is 76.3 Å². The standard InChI is InChI=1S/C60H90O10/c1-32(2)15-13-17-38(52-44-23-22-42-43(59(44,11)30-50(52)68-36(7)61)21-19-40-34(5)47(63)25-27-57(40,42)9)55(66)70-56(67)39(18-14-16-33(3)4)53-46-29-49(65)54-45(60(46,12)31-51(53)69-37(8)62)24-20-41-35(6)48(64)26-28-58(41,54)10/h15-16,34-35,40-51,54,63-65H,13-14,17-31H2,1-12H3/b52-38-,53-39-/t34?,35?,40-,41?,42+,43-,44?,45-,46?,47+,48+,49+,50-,51-,54-,57-,58-,59+,60+/m0/s1. The third-order valence-corrected chi connectivity index (χ3v) is 21.8. The molecule has 0 heterocycles. The van der Waals surface area contributed by atoms with Crippen LogP contribution in [0, 0.1) is 80.8 Å². The highest BCUT2D eigenvalue weighted by Crippen LogP contribution is 2.71. The van der Waals surface area contributed by atoms with Crippen LogP contribution in [-0.4, -0.2) is 69.7 Å². The molecule has 390 valence electrons. The minimum absolute atomic E-state index is 0.00762. The highest BCUT2D eigenvalue weighted by atomic mass is 16.6. The van der Waals surface area contributed by atoms with Crippen LogP contribution in [-0.2, 0) is 33.4 Å². The Bertz CT molecular complexity index is 2180. The Balaban J connectivity index is 1.19. The lowest BCUT2D eigenvalue weighted by molar-refractivity contribution is -0.191. The van der Waals surface area contributed by atoms with Crippen molar-refractivity contribution in [3.05, 3.63) is 45.6 Å². The van der Waals surface area contributed by atoms with Crippen molar-refractivity contribution in [2.24, 2.45) is 80.8 Å². The monoisotopic (exact) mass is 971 g/mol. The third-order valence-electron chi connectivity index (χ3n) is 21.8. The van der Waals surface area contributed by atoms with E-state index in [0.29, 0.717) is 79.4 Å². The van der Waals surface area contributed by atoms with Gasteiger partial charge in [0.1, 0.15) is 12.2 Å². The van der Waals surface area contributed by atoms with Gasteiger partial charge in [0, 0.05) is 25.0 Å². The summed E-state index contributed by atoms with van der Waals surface area (Å²) >= 11 is 0. The number of carbonyl (C=O) groups is 4. The molecular formula is C60H90O10. The molecule has 19 atom stereocenters. The summed E-state index contributed by atoms with van der Waals surface area (Å²) in [7, 11) is 0. The number of esters is 4. The van der Waals surface area contributed by atoms with Crippen LogP contribution in [0.15, 0.2) is 45.6 Å². The molecule has 10 nitrogen and oxygen atoms in total. The fourth-order valence-electron chi connectivity index (χ4n) is 18.7. The predicted octanol–water partition coefficient (Wildman–Crippen LogP) is 11.5. The van der Waals surface area contributed by atoms with Crippen LogP contribution < -0.4 is 0 Å². The van der Waals surface area contributed by atoms with E-state index >= 15 is 9.59 Å². The van der Waals surface area contributed by atoms with E-state index in [1.54, 1.807) is 0 Å². The van der Waals surface area contributed by atoms with Crippen molar-refractivity contribution in [1.29, 1.82) is 0 Å². The Morgan fingerprint density at radius 2 is 0.943 bits per heavy atom. The van der Waals surface area contributed by atoms with Gasteiger partial charge >= 0.3 is 23.9 Å². The number of aliphatic hydroxyl groups excluding tert-OH is 3. The fourth-order valence-corrected chi connectivity index (χ4v) is 18.7. The zero-order chi connectivity index (χ0) is 51.0. The SMILES string of the molecule is CC(=O)O[C@H]1C[C@@]2(C)C(C[C@@H](O)[C@@H]3[C@@H]2CCC2C(C)[C@H](O)CC[C@@]23C)/C1=C(\CCC=C(C)C)C(=O)OC(=O)/C(CCC=C(C)C)=C1/C2CC[C@@H]3[C@H](CC[C@H]4C(C)[C@H](O)CC[C@]34C)[C@@]2(C)C[C@@H]1OC(C)=O. The predicted molar refractivity (Wildman–Crippen MR) is 270 cm³/mol. The highest BCUT2D eigenvalue weighted by Gasteiger charge is 2.67. The van der Waals surface area contributed by atoms with Gasteiger partial charge in [-0.3, -0.25) is 9.59 Å². The van der Waals surface area contributed by atoms with Crippen molar-refractivity contribution in [2.75, 3.05) is 0 Å². The molecule has 8 aliphatic rings. The Hall–Kier alpha value is -3.08. The number of allylic oxidation sites excluding steroid dienone is 4. The van der Waals surface area contributed by atoms with Gasteiger partial charge in [0.2, 0.25) is 0 Å². The number of rotatable bonds is 10. The zero-order valence-electron chi connectivity index (χ0n) is 45.0. The van der Waals surface area contributed by atoms with Crippen molar-refractivity contribution >= 4 is 23.9 Å². The molecule has 0 spiro atoms. The maximum Gasteiger partial charge on any atom is 0.342 e. The summed E-state index contributed by atoms with van der Waals surface area (Å²) < 4.78 is 18.8. The van der Waals surface area contributed by atoms with Gasteiger partial charge in [0.05, 0.1) is 18.3 Å². The second-order valence-corrected chi connectivity index (χ2v) is 25.9. The molecule has 0 aromatic heterocycles. The Kier molecular flexibility index (Phi) is 15.2. The van der Waals surface area contributed by atoms with E-state index in [0.717, 1.165) is 74.5 Å². The van der Waals surface area contributed by atoms with Crippen molar-refractivity contribution < 1.29 is 48.7 Å². The van der Waals surface area contributed by atoms with E-state index in [4.69, 9.17) is 14.2 Å². The van der Waals surface area contributed by atoms with E-state index < -0.39 is 47.6 Å². The summed E-state index contributed by atoms with van der Waals surface area (Å²) in [5, 5.41) is 34.4. The smallest absolute Gasteiger partial charge is 0.342 e. The average molecular weight is 971 g/mol. The van der Waals surface area contributed by atoms with Crippen molar-refractivity contribution in [2.45, 2.75) is 223 Å². The van der Waals surface area contributed by atoms with Crippen LogP contribution in [0.3, 0.4) is 0 Å². The van der Waals surface area contributed by atoms with Crippen molar-refractivity contribution in [1.82, 2.24) is 0 Å². The summed E-state index contributed by atoms with van der Waals surface area (Å²) in [5.41, 5.74) is 3.74. The van der Waals surface area contributed by atoms with Gasteiger partial charge in [-0.25, -0.2) is 9.59 Å². The molecule has 5 unspecified atom stereocenters. The van der Waals surface area contributed by atoms with Crippen LogP contribution >= 0.6 is 0 Å². The number of hydrogen-bond donors (Lipinski definition) is 3. The van der Waals surface area contributed by atoms with Gasteiger partial charge < -0.3 is 29.5 Å². The molecule has 0 saturated heterocycles. The van der Waals surface area contributed by atoms with E-state index in [9.17, 15) is 24.9 Å². The summed E-state index contributed by atoms with van der Waals surface area (Å²) in [6.45, 7) is 24.8. The number of carbonyl (C=O) groups excluding carboxylic acids is 4. The largest absolute Gasteiger partial charge is 0.458 e. The van der Waals surface area contributed by atoms with E-state index in [1.807, 2.05) is 27.7 Å². The maximum absolute atomic E-state index is 15.3.